The summed E-state index contributed by atoms with van der Waals surface area (Å²) in [7, 11) is 0. The van der Waals surface area contributed by atoms with Crippen molar-refractivity contribution in [2.45, 2.75) is 13.0 Å². The molecule has 0 radical (unpaired) electrons. The van der Waals surface area contributed by atoms with Gasteiger partial charge in [-0.2, -0.15) is 0 Å². The lowest BCUT2D eigenvalue weighted by Gasteiger charge is -2.14. The number of nitrogens with zero attached hydrogens (tertiary/aromatic N) is 1. The molecule has 0 spiro atoms. The first-order valence-electron chi connectivity index (χ1n) is 5.36. The molecule has 7 nitrogen and oxygen atoms in total. The highest BCUT2D eigenvalue weighted by Crippen LogP contribution is 2.15. The summed E-state index contributed by atoms with van der Waals surface area (Å²) in [6.45, 7) is 2.93. The molecule has 92 valence electrons. The first kappa shape index (κ1) is 11.6. The van der Waals surface area contributed by atoms with Gasteiger partial charge in [0.2, 0.25) is 0 Å². The minimum atomic E-state index is -0.683. The van der Waals surface area contributed by atoms with E-state index in [9.17, 15) is 14.4 Å². The summed E-state index contributed by atoms with van der Waals surface area (Å²) in [4.78, 5) is 40.0. The number of aromatic nitrogens is 2. The molecule has 1 aromatic heterocycles. The number of hydrogen-bond donors (Lipinski definition) is 3. The third kappa shape index (κ3) is 2.28. The third-order valence-electron chi connectivity index (χ3n) is 2.95. The monoisotopic (exact) mass is 238 g/mol. The van der Waals surface area contributed by atoms with Crippen molar-refractivity contribution in [1.82, 2.24) is 14.9 Å². The first-order valence-corrected chi connectivity index (χ1v) is 5.36. The van der Waals surface area contributed by atoms with E-state index in [1.807, 2.05) is 11.9 Å². The highest BCUT2D eigenvalue weighted by atomic mass is 16.2. The van der Waals surface area contributed by atoms with Gasteiger partial charge in [0, 0.05) is 25.2 Å². The molecule has 2 heterocycles. The van der Waals surface area contributed by atoms with E-state index in [2.05, 4.69) is 4.98 Å². The smallest absolute Gasteiger partial charge is 0.326 e. The number of likely N-dealkylation sites (tertiary alicyclic amines) is 1. The maximum absolute atomic E-state index is 12.0. The second kappa shape index (κ2) is 4.17. The van der Waals surface area contributed by atoms with Crippen LogP contribution in [0.1, 0.15) is 17.4 Å². The van der Waals surface area contributed by atoms with Crippen LogP contribution in [-0.4, -0.2) is 39.9 Å². The fourth-order valence-electron chi connectivity index (χ4n) is 1.91. The Morgan fingerprint density at radius 2 is 2.12 bits per heavy atom. The molecule has 2 atom stereocenters. The molecule has 2 unspecified atom stereocenters. The summed E-state index contributed by atoms with van der Waals surface area (Å²) < 4.78 is 0. The Labute approximate surface area is 96.6 Å². The van der Waals surface area contributed by atoms with Gasteiger partial charge in [0.15, 0.2) is 0 Å². The molecular formula is C10H14N4O3. The lowest BCUT2D eigenvalue weighted by atomic mass is 10.1. The van der Waals surface area contributed by atoms with E-state index in [-0.39, 0.29) is 23.6 Å². The van der Waals surface area contributed by atoms with Gasteiger partial charge in [-0.15, -0.1) is 0 Å². The minimum Gasteiger partial charge on any atom is -0.335 e. The van der Waals surface area contributed by atoms with Gasteiger partial charge in [0.05, 0.1) is 0 Å². The van der Waals surface area contributed by atoms with Crippen molar-refractivity contribution in [3.8, 4) is 0 Å². The summed E-state index contributed by atoms with van der Waals surface area (Å²) >= 11 is 0. The maximum atomic E-state index is 12.0. The Morgan fingerprint density at radius 3 is 2.65 bits per heavy atom. The van der Waals surface area contributed by atoms with Crippen LogP contribution in [-0.2, 0) is 0 Å². The molecule has 4 N–H and O–H groups in total. The van der Waals surface area contributed by atoms with Crippen LogP contribution in [0, 0.1) is 5.92 Å². The normalized spacial score (nSPS) is 24.0. The van der Waals surface area contributed by atoms with Crippen molar-refractivity contribution >= 4 is 5.91 Å². The molecule has 0 aliphatic carbocycles. The van der Waals surface area contributed by atoms with E-state index in [4.69, 9.17) is 5.73 Å². The fraction of sp³-hybridized carbons (Fsp3) is 0.500. The van der Waals surface area contributed by atoms with Crippen LogP contribution in [0.15, 0.2) is 15.7 Å². The van der Waals surface area contributed by atoms with E-state index in [0.29, 0.717) is 13.1 Å². The standard InChI is InChI=1S/C10H14N4O3/c1-5-3-14(4-6(5)11)9(16)7-2-8(15)13-10(17)12-7/h2,5-6H,3-4,11H2,1H3,(H2,12,13,15,17). The van der Waals surface area contributed by atoms with Crippen molar-refractivity contribution < 1.29 is 4.79 Å². The first-order chi connectivity index (χ1) is 7.97. The lowest BCUT2D eigenvalue weighted by Crippen LogP contribution is -2.35. The number of nitrogens with one attached hydrogen (secondary N) is 2. The molecule has 0 saturated carbocycles. The van der Waals surface area contributed by atoms with E-state index in [0.717, 1.165) is 6.07 Å². The number of hydrogen-bond acceptors (Lipinski definition) is 4. The number of nitrogens with two attached hydrogens (primary N) is 1. The maximum Gasteiger partial charge on any atom is 0.326 e. The Hall–Kier alpha value is -1.89. The Morgan fingerprint density at radius 1 is 1.41 bits per heavy atom. The van der Waals surface area contributed by atoms with Crippen LogP contribution in [0.4, 0.5) is 0 Å². The highest BCUT2D eigenvalue weighted by Gasteiger charge is 2.30. The van der Waals surface area contributed by atoms with Crippen LogP contribution >= 0.6 is 0 Å². The van der Waals surface area contributed by atoms with Crippen LogP contribution in [0.25, 0.3) is 0 Å². The van der Waals surface area contributed by atoms with Crippen LogP contribution < -0.4 is 17.0 Å². The van der Waals surface area contributed by atoms with Gasteiger partial charge in [-0.1, -0.05) is 6.92 Å². The topological polar surface area (TPSA) is 112 Å². The molecule has 0 bridgehead atoms. The fourth-order valence-corrected chi connectivity index (χ4v) is 1.91. The van der Waals surface area contributed by atoms with Gasteiger partial charge in [-0.25, -0.2) is 4.79 Å². The lowest BCUT2D eigenvalue weighted by molar-refractivity contribution is 0.0780. The van der Waals surface area contributed by atoms with Crippen molar-refractivity contribution in [2.24, 2.45) is 11.7 Å². The zero-order chi connectivity index (χ0) is 12.6. The van der Waals surface area contributed by atoms with E-state index < -0.39 is 11.2 Å². The van der Waals surface area contributed by atoms with Gasteiger partial charge in [0.1, 0.15) is 5.69 Å². The number of aromatic amines is 2. The van der Waals surface area contributed by atoms with Gasteiger partial charge in [-0.05, 0) is 5.92 Å². The van der Waals surface area contributed by atoms with Crippen LogP contribution in [0.3, 0.4) is 0 Å². The number of amides is 1. The average Bonchev–Trinajstić information content (AvgIpc) is 2.57. The molecule has 1 amide bonds. The van der Waals surface area contributed by atoms with Crippen molar-refractivity contribution in [3.63, 3.8) is 0 Å². The molecule has 17 heavy (non-hydrogen) atoms. The van der Waals surface area contributed by atoms with Crippen molar-refractivity contribution in [3.05, 3.63) is 32.6 Å². The van der Waals surface area contributed by atoms with E-state index in [1.165, 1.54) is 0 Å². The zero-order valence-corrected chi connectivity index (χ0v) is 9.40. The Kier molecular flexibility index (Phi) is 2.84. The molecule has 0 aromatic carbocycles. The Bertz CT molecular complexity index is 509. The van der Waals surface area contributed by atoms with Crippen molar-refractivity contribution in [2.75, 3.05) is 13.1 Å². The zero-order valence-electron chi connectivity index (χ0n) is 9.40. The number of carbonyl (C=O) groups excluding carboxylic acids is 1. The molecule has 1 fully saturated rings. The molecule has 2 rings (SSSR count). The second-order valence-electron chi connectivity index (χ2n) is 4.35. The summed E-state index contributed by atoms with van der Waals surface area (Å²) in [5.74, 6) is -0.152. The molecule has 1 aliphatic heterocycles. The summed E-state index contributed by atoms with van der Waals surface area (Å²) in [5, 5.41) is 0. The van der Waals surface area contributed by atoms with E-state index >= 15 is 0 Å². The largest absolute Gasteiger partial charge is 0.335 e. The molecule has 7 heteroatoms. The predicted molar refractivity (Wildman–Crippen MR) is 60.7 cm³/mol. The van der Waals surface area contributed by atoms with Crippen molar-refractivity contribution in [1.29, 1.82) is 0 Å². The summed E-state index contributed by atoms with van der Waals surface area (Å²) in [5.41, 5.74) is 4.54. The van der Waals surface area contributed by atoms with Crippen LogP contribution in [0.2, 0.25) is 0 Å². The predicted octanol–water partition coefficient (Wildman–Crippen LogP) is -1.52. The number of carbonyl (C=O) groups is 1. The molecule has 1 aromatic rings. The number of H-pyrrole nitrogens is 2. The third-order valence-corrected chi connectivity index (χ3v) is 2.95. The highest BCUT2D eigenvalue weighted by molar-refractivity contribution is 5.92. The van der Waals surface area contributed by atoms with Crippen LogP contribution in [0.5, 0.6) is 0 Å². The molecule has 1 aliphatic rings. The number of rotatable bonds is 1. The van der Waals surface area contributed by atoms with Gasteiger partial charge in [0.25, 0.3) is 11.5 Å². The van der Waals surface area contributed by atoms with Gasteiger partial charge in [-0.3, -0.25) is 14.6 Å². The SMILES string of the molecule is CC1CN(C(=O)c2cc(=O)[nH]c(=O)[nH]2)CC1N. The van der Waals surface area contributed by atoms with Gasteiger partial charge >= 0.3 is 5.69 Å². The summed E-state index contributed by atoms with van der Waals surface area (Å²) in [6.07, 6.45) is 0. The molecular weight excluding hydrogens is 224 g/mol. The van der Waals surface area contributed by atoms with E-state index in [1.54, 1.807) is 4.90 Å². The summed E-state index contributed by atoms with van der Waals surface area (Å²) in [6, 6.07) is 1.02. The molecule has 1 saturated heterocycles. The van der Waals surface area contributed by atoms with Gasteiger partial charge < -0.3 is 15.6 Å². The quantitative estimate of drug-likeness (QED) is 0.551. The minimum absolute atomic E-state index is 0.0000463. The second-order valence-corrected chi connectivity index (χ2v) is 4.35. The average molecular weight is 238 g/mol. The Balaban J connectivity index is 2.26.